The fraction of sp³-hybridized carbons (Fsp3) is 0.185. The van der Waals surface area contributed by atoms with Gasteiger partial charge in [0, 0.05) is 6.54 Å². The molecule has 0 aliphatic carbocycles. The molecule has 1 amide bonds. The molecule has 0 saturated heterocycles. The molecule has 1 unspecified atom stereocenters. The second-order valence-corrected chi connectivity index (χ2v) is 8.00. The van der Waals surface area contributed by atoms with Crippen molar-refractivity contribution >= 4 is 16.9 Å². The molecule has 0 radical (unpaired) electrons. The van der Waals surface area contributed by atoms with E-state index in [4.69, 9.17) is 13.9 Å². The summed E-state index contributed by atoms with van der Waals surface area (Å²) in [4.78, 5) is 28.7. The largest absolute Gasteiger partial charge is 0.497 e. The van der Waals surface area contributed by atoms with Crippen molar-refractivity contribution in [3.05, 3.63) is 105 Å². The summed E-state index contributed by atoms with van der Waals surface area (Å²) in [5.41, 5.74) is 1.51. The van der Waals surface area contributed by atoms with Crippen molar-refractivity contribution in [1.82, 2.24) is 4.90 Å². The second kappa shape index (κ2) is 8.67. The monoisotopic (exact) mass is 459 g/mol. The molecular formula is C27H22FNO5. The second-order valence-electron chi connectivity index (χ2n) is 8.00. The van der Waals surface area contributed by atoms with Crippen LogP contribution in [0.25, 0.3) is 11.0 Å². The Hall–Kier alpha value is -4.13. The predicted octanol–water partition coefficient (Wildman–Crippen LogP) is 5.08. The van der Waals surface area contributed by atoms with Crippen molar-refractivity contribution in [3.63, 3.8) is 0 Å². The van der Waals surface area contributed by atoms with Crippen molar-refractivity contribution in [2.24, 2.45) is 0 Å². The van der Waals surface area contributed by atoms with E-state index in [0.717, 1.165) is 11.6 Å². The molecule has 0 saturated carbocycles. The average molecular weight is 459 g/mol. The van der Waals surface area contributed by atoms with E-state index in [2.05, 4.69) is 0 Å². The van der Waals surface area contributed by atoms with Crippen molar-refractivity contribution in [3.8, 4) is 11.5 Å². The number of methoxy groups -OCH3 is 1. The lowest BCUT2D eigenvalue weighted by atomic mass is 9.98. The number of carbonyl (C=O) groups excluding carboxylic acids is 1. The highest BCUT2D eigenvalue weighted by Crippen LogP contribution is 2.40. The normalized spacial score (nSPS) is 15.0. The van der Waals surface area contributed by atoms with Crippen molar-refractivity contribution in [2.75, 3.05) is 13.7 Å². The summed E-state index contributed by atoms with van der Waals surface area (Å²) in [5, 5.41) is 0.101. The standard InChI is InChI=1S/C27H22FNO5/c1-3-33-20-6-4-5-17(13-20)24-23-25(30)21-14-18(28)9-12-22(21)34-26(23)27(31)29(24)15-16-7-10-19(32-2)11-8-16/h4-14,24H,3,15H2,1-2H3. The molecule has 4 aromatic rings. The number of amides is 1. The van der Waals surface area contributed by atoms with Gasteiger partial charge in [0.2, 0.25) is 5.76 Å². The van der Waals surface area contributed by atoms with Crippen LogP contribution in [-0.2, 0) is 6.54 Å². The minimum Gasteiger partial charge on any atom is -0.497 e. The summed E-state index contributed by atoms with van der Waals surface area (Å²) in [5.74, 6) is 0.354. The Balaban J connectivity index is 1.68. The maximum absolute atomic E-state index is 13.9. The van der Waals surface area contributed by atoms with Crippen LogP contribution in [0.4, 0.5) is 4.39 Å². The zero-order valence-corrected chi connectivity index (χ0v) is 18.7. The Morgan fingerprint density at radius 2 is 1.79 bits per heavy atom. The first kappa shape index (κ1) is 21.7. The van der Waals surface area contributed by atoms with E-state index in [1.165, 1.54) is 12.1 Å². The van der Waals surface area contributed by atoms with E-state index in [1.54, 1.807) is 12.0 Å². The molecule has 2 heterocycles. The molecule has 34 heavy (non-hydrogen) atoms. The van der Waals surface area contributed by atoms with Crippen LogP contribution in [0.15, 0.2) is 75.9 Å². The summed E-state index contributed by atoms with van der Waals surface area (Å²) in [6.07, 6.45) is 0. The van der Waals surface area contributed by atoms with Gasteiger partial charge in [0.05, 0.1) is 30.7 Å². The molecule has 0 bridgehead atoms. The molecule has 1 atom stereocenters. The van der Waals surface area contributed by atoms with Crippen LogP contribution in [0, 0.1) is 5.82 Å². The quantitative estimate of drug-likeness (QED) is 0.402. The first-order chi connectivity index (χ1) is 16.5. The molecule has 0 fully saturated rings. The first-order valence-electron chi connectivity index (χ1n) is 10.9. The minimum absolute atomic E-state index is 0.0237. The molecule has 0 N–H and O–H groups in total. The van der Waals surface area contributed by atoms with Crippen LogP contribution < -0.4 is 14.9 Å². The van der Waals surface area contributed by atoms with Gasteiger partial charge in [0.1, 0.15) is 22.9 Å². The lowest BCUT2D eigenvalue weighted by Gasteiger charge is -2.25. The van der Waals surface area contributed by atoms with Crippen LogP contribution in [0.1, 0.15) is 40.2 Å². The van der Waals surface area contributed by atoms with E-state index >= 15 is 0 Å². The zero-order valence-electron chi connectivity index (χ0n) is 18.7. The highest BCUT2D eigenvalue weighted by molar-refractivity contribution is 5.99. The third kappa shape index (κ3) is 3.69. The van der Waals surface area contributed by atoms with E-state index in [9.17, 15) is 14.0 Å². The van der Waals surface area contributed by atoms with Crippen molar-refractivity contribution < 1.29 is 23.1 Å². The molecule has 1 aromatic heterocycles. The number of rotatable bonds is 6. The van der Waals surface area contributed by atoms with E-state index in [1.807, 2.05) is 55.5 Å². The number of carbonyl (C=O) groups is 1. The van der Waals surface area contributed by atoms with Gasteiger partial charge in [-0.3, -0.25) is 9.59 Å². The Morgan fingerprint density at radius 3 is 2.53 bits per heavy atom. The Kier molecular flexibility index (Phi) is 5.53. The van der Waals surface area contributed by atoms with Gasteiger partial charge < -0.3 is 18.8 Å². The van der Waals surface area contributed by atoms with Gasteiger partial charge in [0.25, 0.3) is 5.91 Å². The summed E-state index contributed by atoms with van der Waals surface area (Å²) in [6, 6.07) is 17.6. The number of ether oxygens (including phenoxy) is 2. The van der Waals surface area contributed by atoms with Crippen LogP contribution in [-0.4, -0.2) is 24.5 Å². The van der Waals surface area contributed by atoms with Gasteiger partial charge in [-0.2, -0.15) is 0 Å². The number of fused-ring (bicyclic) bond motifs is 2. The third-order valence-electron chi connectivity index (χ3n) is 5.92. The Morgan fingerprint density at radius 1 is 1.00 bits per heavy atom. The fourth-order valence-corrected chi connectivity index (χ4v) is 4.37. The first-order valence-corrected chi connectivity index (χ1v) is 10.9. The molecule has 0 spiro atoms. The number of benzene rings is 3. The lowest BCUT2D eigenvalue weighted by Crippen LogP contribution is -2.29. The van der Waals surface area contributed by atoms with E-state index < -0.39 is 23.2 Å². The van der Waals surface area contributed by atoms with Crippen LogP contribution >= 0.6 is 0 Å². The maximum Gasteiger partial charge on any atom is 0.291 e. The molecule has 3 aromatic carbocycles. The van der Waals surface area contributed by atoms with Crippen molar-refractivity contribution in [2.45, 2.75) is 19.5 Å². The van der Waals surface area contributed by atoms with Gasteiger partial charge in [-0.15, -0.1) is 0 Å². The van der Waals surface area contributed by atoms with Gasteiger partial charge in [-0.05, 0) is 60.5 Å². The maximum atomic E-state index is 13.9. The number of hydrogen-bond acceptors (Lipinski definition) is 5. The highest BCUT2D eigenvalue weighted by atomic mass is 19.1. The Labute approximate surface area is 195 Å². The van der Waals surface area contributed by atoms with Gasteiger partial charge in [-0.25, -0.2) is 4.39 Å². The summed E-state index contributed by atoms with van der Waals surface area (Å²) in [6.45, 7) is 2.60. The SMILES string of the molecule is CCOc1cccc(C2c3c(oc4ccc(F)cc4c3=O)C(=O)N2Cc2ccc(OC)cc2)c1. The summed E-state index contributed by atoms with van der Waals surface area (Å²) >= 11 is 0. The molecule has 7 heteroatoms. The third-order valence-corrected chi connectivity index (χ3v) is 5.92. The van der Waals surface area contributed by atoms with E-state index in [0.29, 0.717) is 23.7 Å². The highest BCUT2D eigenvalue weighted by Gasteiger charge is 2.42. The fourth-order valence-electron chi connectivity index (χ4n) is 4.37. The molecule has 5 rings (SSSR count). The van der Waals surface area contributed by atoms with Crippen LogP contribution in [0.5, 0.6) is 11.5 Å². The molecule has 172 valence electrons. The molecular weight excluding hydrogens is 437 g/mol. The van der Waals surface area contributed by atoms with Gasteiger partial charge >= 0.3 is 0 Å². The smallest absolute Gasteiger partial charge is 0.291 e. The van der Waals surface area contributed by atoms with E-state index in [-0.39, 0.29) is 28.8 Å². The minimum atomic E-state index is -0.714. The van der Waals surface area contributed by atoms with Crippen LogP contribution in [0.3, 0.4) is 0 Å². The average Bonchev–Trinajstić information content (AvgIpc) is 3.12. The van der Waals surface area contributed by atoms with Gasteiger partial charge in [-0.1, -0.05) is 24.3 Å². The summed E-state index contributed by atoms with van der Waals surface area (Å²) in [7, 11) is 1.59. The topological polar surface area (TPSA) is 69.0 Å². The van der Waals surface area contributed by atoms with Crippen LogP contribution in [0.2, 0.25) is 0 Å². The Bertz CT molecular complexity index is 1440. The molecule has 6 nitrogen and oxygen atoms in total. The van der Waals surface area contributed by atoms with Crippen molar-refractivity contribution in [1.29, 1.82) is 0 Å². The number of nitrogens with zero attached hydrogens (tertiary/aromatic N) is 1. The van der Waals surface area contributed by atoms with Gasteiger partial charge in [0.15, 0.2) is 5.43 Å². The molecule has 1 aliphatic rings. The molecule has 1 aliphatic heterocycles. The summed E-state index contributed by atoms with van der Waals surface area (Å²) < 4.78 is 30.7. The zero-order chi connectivity index (χ0) is 23.8. The number of hydrogen-bond donors (Lipinski definition) is 0. The predicted molar refractivity (Wildman–Crippen MR) is 125 cm³/mol. The lowest BCUT2D eigenvalue weighted by molar-refractivity contribution is 0.0714. The number of halogens is 1.